The Morgan fingerprint density at radius 3 is 2.59 bits per heavy atom. The summed E-state index contributed by atoms with van der Waals surface area (Å²) in [6.45, 7) is -0.637. The van der Waals surface area contributed by atoms with Gasteiger partial charge in [-0.2, -0.15) is 0 Å². The molecule has 5 nitrogen and oxygen atoms in total. The maximum atomic E-state index is 10.7. The summed E-state index contributed by atoms with van der Waals surface area (Å²) in [5, 5.41) is 18.6. The molecule has 1 aromatic carbocycles. The van der Waals surface area contributed by atoms with Gasteiger partial charge in [-0.3, -0.25) is 4.79 Å². The van der Waals surface area contributed by atoms with E-state index in [2.05, 4.69) is 4.98 Å². The molecule has 7 heteroatoms. The normalized spacial score (nSPS) is 11.0. The van der Waals surface area contributed by atoms with Crippen LogP contribution < -0.4 is 0 Å². The molecule has 0 atom stereocenters. The van der Waals surface area contributed by atoms with Gasteiger partial charge in [-0.25, -0.2) is 4.98 Å². The highest BCUT2D eigenvalue weighted by Gasteiger charge is 2.14. The number of hydrogen-bond donors (Lipinski definition) is 2. The highest BCUT2D eigenvalue weighted by atomic mass is 35.5. The molecule has 0 fully saturated rings. The van der Waals surface area contributed by atoms with E-state index in [9.17, 15) is 4.79 Å². The van der Waals surface area contributed by atoms with Crippen molar-refractivity contribution in [3.05, 3.63) is 28.0 Å². The summed E-state index contributed by atoms with van der Waals surface area (Å²) in [5.41, 5.74) is 1.04. The van der Waals surface area contributed by atoms with Crippen molar-refractivity contribution in [2.24, 2.45) is 0 Å². The Labute approximate surface area is 106 Å². The van der Waals surface area contributed by atoms with E-state index in [1.165, 1.54) is 16.7 Å². The Kier molecular flexibility index (Phi) is 3.24. The minimum Gasteiger partial charge on any atom is -0.480 e. The van der Waals surface area contributed by atoms with Gasteiger partial charge in [-0.05, 0) is 12.1 Å². The monoisotopic (exact) mass is 274 g/mol. The molecule has 0 saturated heterocycles. The van der Waals surface area contributed by atoms with Crippen LogP contribution in [0.4, 0.5) is 0 Å². The van der Waals surface area contributed by atoms with Gasteiger partial charge < -0.3 is 14.8 Å². The van der Waals surface area contributed by atoms with Crippen molar-refractivity contribution in [3.8, 4) is 0 Å². The summed E-state index contributed by atoms with van der Waals surface area (Å²) in [5.74, 6) is -0.759. The molecule has 0 unspecified atom stereocenters. The van der Waals surface area contributed by atoms with Crippen molar-refractivity contribution < 1.29 is 15.0 Å². The van der Waals surface area contributed by atoms with E-state index >= 15 is 0 Å². The van der Waals surface area contributed by atoms with E-state index in [4.69, 9.17) is 33.4 Å². The summed E-state index contributed by atoms with van der Waals surface area (Å²) >= 11 is 11.7. The van der Waals surface area contributed by atoms with Gasteiger partial charge in [0.15, 0.2) is 0 Å². The first-order valence-electron chi connectivity index (χ1n) is 4.69. The summed E-state index contributed by atoms with van der Waals surface area (Å²) in [6, 6.07) is 3.07. The number of aliphatic hydroxyl groups excluding tert-OH is 1. The standard InChI is InChI=1S/C10H8Cl2N2O3/c11-5-1-7-8(2-6(5)12)14(3-10(16)17)9(4-15)13-7/h1-2,15H,3-4H2,(H,16,17). The molecule has 0 aliphatic heterocycles. The van der Waals surface area contributed by atoms with Crippen molar-refractivity contribution in [3.63, 3.8) is 0 Å². The van der Waals surface area contributed by atoms with Crippen LogP contribution in [0.3, 0.4) is 0 Å². The maximum absolute atomic E-state index is 10.7. The number of aliphatic hydroxyl groups is 1. The molecule has 0 saturated carbocycles. The zero-order valence-corrected chi connectivity index (χ0v) is 10.0. The van der Waals surface area contributed by atoms with Crippen LogP contribution in [-0.2, 0) is 17.9 Å². The molecule has 2 rings (SSSR count). The number of rotatable bonds is 3. The molecule has 0 aliphatic rings. The van der Waals surface area contributed by atoms with Crippen LogP contribution in [0.5, 0.6) is 0 Å². The smallest absolute Gasteiger partial charge is 0.323 e. The predicted octanol–water partition coefficient (Wildman–Crippen LogP) is 1.92. The number of carbonyl (C=O) groups is 1. The van der Waals surface area contributed by atoms with Gasteiger partial charge in [0.1, 0.15) is 19.0 Å². The second kappa shape index (κ2) is 4.52. The number of carboxylic acids is 1. The first-order chi connectivity index (χ1) is 8.02. The first kappa shape index (κ1) is 12.2. The number of halogens is 2. The SMILES string of the molecule is O=C(O)Cn1c(CO)nc2cc(Cl)c(Cl)cc21. The Hall–Kier alpha value is -1.30. The molecule has 2 N–H and O–H groups in total. The van der Waals surface area contributed by atoms with Crippen LogP contribution in [0.1, 0.15) is 5.82 Å². The van der Waals surface area contributed by atoms with Crippen molar-refractivity contribution >= 4 is 40.2 Å². The average Bonchev–Trinajstić information content (AvgIpc) is 2.57. The molecule has 1 heterocycles. The van der Waals surface area contributed by atoms with Crippen LogP contribution in [0.2, 0.25) is 10.0 Å². The lowest BCUT2D eigenvalue weighted by Crippen LogP contribution is -2.11. The number of benzene rings is 1. The van der Waals surface area contributed by atoms with E-state index in [0.717, 1.165) is 0 Å². The third-order valence-corrected chi connectivity index (χ3v) is 3.03. The van der Waals surface area contributed by atoms with Crippen LogP contribution in [0, 0.1) is 0 Å². The number of fused-ring (bicyclic) bond motifs is 1. The van der Waals surface area contributed by atoms with Crippen molar-refractivity contribution in [2.45, 2.75) is 13.2 Å². The minimum atomic E-state index is -1.02. The largest absolute Gasteiger partial charge is 0.480 e. The summed E-state index contributed by atoms with van der Waals surface area (Å²) in [4.78, 5) is 14.8. The number of nitrogens with zero attached hydrogens (tertiary/aromatic N) is 2. The molecular formula is C10H8Cl2N2O3. The second-order valence-electron chi connectivity index (χ2n) is 3.42. The highest BCUT2D eigenvalue weighted by Crippen LogP contribution is 2.28. The Balaban J connectivity index is 2.69. The van der Waals surface area contributed by atoms with Crippen molar-refractivity contribution in [2.75, 3.05) is 0 Å². The van der Waals surface area contributed by atoms with E-state index in [-0.39, 0.29) is 19.0 Å². The lowest BCUT2D eigenvalue weighted by molar-refractivity contribution is -0.137. The molecule has 1 aromatic heterocycles. The van der Waals surface area contributed by atoms with Crippen LogP contribution >= 0.6 is 23.2 Å². The molecule has 0 amide bonds. The Morgan fingerprint density at radius 2 is 2.00 bits per heavy atom. The highest BCUT2D eigenvalue weighted by molar-refractivity contribution is 6.42. The fourth-order valence-electron chi connectivity index (χ4n) is 1.60. The van der Waals surface area contributed by atoms with E-state index in [1.54, 1.807) is 0 Å². The quantitative estimate of drug-likeness (QED) is 0.897. The topological polar surface area (TPSA) is 75.3 Å². The van der Waals surface area contributed by atoms with E-state index in [0.29, 0.717) is 21.1 Å². The summed E-state index contributed by atoms with van der Waals surface area (Å²) in [7, 11) is 0. The van der Waals surface area contributed by atoms with Gasteiger partial charge in [0.2, 0.25) is 0 Å². The Morgan fingerprint density at radius 1 is 1.35 bits per heavy atom. The van der Waals surface area contributed by atoms with Gasteiger partial charge in [0, 0.05) is 0 Å². The van der Waals surface area contributed by atoms with Gasteiger partial charge in [-0.1, -0.05) is 23.2 Å². The molecule has 0 bridgehead atoms. The van der Waals surface area contributed by atoms with Crippen molar-refractivity contribution in [1.29, 1.82) is 0 Å². The molecule has 0 spiro atoms. The molecule has 0 radical (unpaired) electrons. The zero-order valence-electron chi connectivity index (χ0n) is 8.52. The van der Waals surface area contributed by atoms with Gasteiger partial charge >= 0.3 is 5.97 Å². The maximum Gasteiger partial charge on any atom is 0.323 e. The number of aromatic nitrogens is 2. The fourth-order valence-corrected chi connectivity index (χ4v) is 1.92. The lowest BCUT2D eigenvalue weighted by atomic mass is 10.3. The average molecular weight is 275 g/mol. The van der Waals surface area contributed by atoms with Gasteiger partial charge in [-0.15, -0.1) is 0 Å². The minimum absolute atomic E-state index is 0.265. The molecule has 17 heavy (non-hydrogen) atoms. The number of aliphatic carboxylic acids is 1. The van der Waals surface area contributed by atoms with Crippen LogP contribution in [0.15, 0.2) is 12.1 Å². The first-order valence-corrected chi connectivity index (χ1v) is 5.45. The van der Waals surface area contributed by atoms with Gasteiger partial charge in [0.05, 0.1) is 21.1 Å². The number of imidazole rings is 1. The molecular weight excluding hydrogens is 267 g/mol. The predicted molar refractivity (Wildman–Crippen MR) is 63.3 cm³/mol. The Bertz CT molecular complexity index is 595. The van der Waals surface area contributed by atoms with Crippen LogP contribution in [-0.4, -0.2) is 25.7 Å². The fraction of sp³-hybridized carbons (Fsp3) is 0.200. The van der Waals surface area contributed by atoms with E-state index in [1.807, 2.05) is 0 Å². The second-order valence-corrected chi connectivity index (χ2v) is 4.24. The van der Waals surface area contributed by atoms with Crippen LogP contribution in [0.25, 0.3) is 11.0 Å². The molecule has 2 aromatic rings. The number of carboxylic acid groups (broad SMARTS) is 1. The molecule has 0 aliphatic carbocycles. The number of hydrogen-bond acceptors (Lipinski definition) is 3. The third kappa shape index (κ3) is 2.22. The lowest BCUT2D eigenvalue weighted by Gasteiger charge is -2.04. The zero-order chi connectivity index (χ0) is 12.6. The molecule has 90 valence electrons. The summed E-state index contributed by atoms with van der Waals surface area (Å²) < 4.78 is 1.39. The summed E-state index contributed by atoms with van der Waals surface area (Å²) in [6.07, 6.45) is 0. The van der Waals surface area contributed by atoms with E-state index < -0.39 is 5.97 Å². The van der Waals surface area contributed by atoms with Gasteiger partial charge in [0.25, 0.3) is 0 Å². The third-order valence-electron chi connectivity index (χ3n) is 2.30. The van der Waals surface area contributed by atoms with Crippen molar-refractivity contribution in [1.82, 2.24) is 9.55 Å².